The molecule has 1 N–H and O–H groups in total. The number of methoxy groups -OCH3 is 1. The highest BCUT2D eigenvalue weighted by Gasteiger charge is 2.33. The number of rotatable bonds is 12. The van der Waals surface area contributed by atoms with Crippen molar-refractivity contribution in [1.82, 2.24) is 10.2 Å². The minimum Gasteiger partial charge on any atom is -0.495 e. The summed E-state index contributed by atoms with van der Waals surface area (Å²) < 4.78 is 33.8. The van der Waals surface area contributed by atoms with Gasteiger partial charge in [-0.05, 0) is 61.4 Å². The van der Waals surface area contributed by atoms with E-state index in [1.54, 1.807) is 37.3 Å². The average molecular weight is 627 g/mol. The third kappa shape index (κ3) is 7.60. The molecule has 0 aliphatic heterocycles. The summed E-state index contributed by atoms with van der Waals surface area (Å²) in [6.07, 6.45) is 0.705. The second kappa shape index (κ2) is 14.1. The van der Waals surface area contributed by atoms with Crippen molar-refractivity contribution in [3.8, 4) is 5.75 Å². The summed E-state index contributed by atoms with van der Waals surface area (Å²) in [4.78, 5) is 28.1. The number of hydrogen-bond acceptors (Lipinski definition) is 5. The van der Waals surface area contributed by atoms with E-state index in [0.29, 0.717) is 34.3 Å². The van der Waals surface area contributed by atoms with E-state index in [1.807, 2.05) is 6.92 Å². The molecule has 8 nitrogen and oxygen atoms in total. The van der Waals surface area contributed by atoms with Gasteiger partial charge >= 0.3 is 0 Å². The van der Waals surface area contributed by atoms with Crippen LogP contribution in [0.4, 0.5) is 5.69 Å². The van der Waals surface area contributed by atoms with E-state index >= 15 is 0 Å². The van der Waals surface area contributed by atoms with Crippen molar-refractivity contribution >= 4 is 62.3 Å². The number of anilines is 1. The molecule has 0 radical (unpaired) electrons. The number of hydrogen-bond donors (Lipinski definition) is 1. The summed E-state index contributed by atoms with van der Waals surface area (Å²) >= 11 is 18.8. The minimum atomic E-state index is -4.22. The third-order valence-electron chi connectivity index (χ3n) is 6.11. The van der Waals surface area contributed by atoms with E-state index in [0.717, 1.165) is 4.31 Å². The van der Waals surface area contributed by atoms with Gasteiger partial charge in [0.2, 0.25) is 11.8 Å². The summed E-state index contributed by atoms with van der Waals surface area (Å²) in [6.45, 7) is 3.24. The van der Waals surface area contributed by atoms with Gasteiger partial charge in [-0.1, -0.05) is 66.0 Å². The molecule has 1 atom stereocenters. The quantitative estimate of drug-likeness (QED) is 0.274. The number of benzene rings is 3. The minimum absolute atomic E-state index is 0.0178. The van der Waals surface area contributed by atoms with E-state index in [4.69, 9.17) is 39.5 Å². The molecular formula is C28H30Cl3N3O5S. The summed E-state index contributed by atoms with van der Waals surface area (Å²) in [7, 11) is -2.79. The molecule has 2 amide bonds. The van der Waals surface area contributed by atoms with Crippen LogP contribution in [0.15, 0.2) is 71.6 Å². The SMILES string of the molecule is CCCNC(=O)C(C)N(Cc1ccc(Cl)cc1Cl)C(=O)CN(c1ccc(OC)c(Cl)c1)S(=O)(=O)c1ccccc1. The first-order valence-corrected chi connectivity index (χ1v) is 15.0. The van der Waals surface area contributed by atoms with Crippen molar-refractivity contribution < 1.29 is 22.7 Å². The number of amides is 2. The van der Waals surface area contributed by atoms with Gasteiger partial charge in [0.1, 0.15) is 18.3 Å². The Morgan fingerprint density at radius 2 is 1.68 bits per heavy atom. The lowest BCUT2D eigenvalue weighted by Gasteiger charge is -2.32. The maximum absolute atomic E-state index is 13.9. The first kappa shape index (κ1) is 31.5. The Kier molecular flexibility index (Phi) is 11.1. The lowest BCUT2D eigenvalue weighted by molar-refractivity contribution is -0.139. The number of nitrogens with zero attached hydrogens (tertiary/aromatic N) is 2. The summed E-state index contributed by atoms with van der Waals surface area (Å²) in [6, 6.07) is 16.0. The van der Waals surface area contributed by atoms with E-state index in [1.165, 1.54) is 48.4 Å². The van der Waals surface area contributed by atoms with E-state index < -0.39 is 28.5 Å². The second-order valence-corrected chi connectivity index (χ2v) is 12.0. The summed E-state index contributed by atoms with van der Waals surface area (Å²) in [5.74, 6) is -0.670. The number of ether oxygens (including phenoxy) is 1. The van der Waals surface area contributed by atoms with Crippen LogP contribution < -0.4 is 14.4 Å². The topological polar surface area (TPSA) is 96.0 Å². The van der Waals surface area contributed by atoms with Gasteiger partial charge in [-0.2, -0.15) is 0 Å². The third-order valence-corrected chi connectivity index (χ3v) is 8.78. The maximum Gasteiger partial charge on any atom is 0.264 e. The molecular weight excluding hydrogens is 597 g/mol. The normalized spacial score (nSPS) is 11.9. The molecule has 0 saturated carbocycles. The highest BCUT2D eigenvalue weighted by molar-refractivity contribution is 7.92. The van der Waals surface area contributed by atoms with Gasteiger partial charge in [0.05, 0.1) is 22.7 Å². The molecule has 3 rings (SSSR count). The number of carbonyl (C=O) groups is 2. The number of nitrogens with one attached hydrogen (secondary N) is 1. The zero-order valence-electron chi connectivity index (χ0n) is 22.2. The molecule has 0 aliphatic carbocycles. The largest absolute Gasteiger partial charge is 0.495 e. The Morgan fingerprint density at radius 3 is 2.27 bits per heavy atom. The van der Waals surface area contributed by atoms with E-state index in [-0.39, 0.29) is 28.1 Å². The summed E-state index contributed by atoms with van der Waals surface area (Å²) in [5, 5.41) is 3.67. The molecule has 0 aliphatic rings. The number of halogens is 3. The number of carbonyl (C=O) groups excluding carboxylic acids is 2. The first-order chi connectivity index (χ1) is 19.0. The predicted molar refractivity (Wildman–Crippen MR) is 159 cm³/mol. The lowest BCUT2D eigenvalue weighted by atomic mass is 10.1. The lowest BCUT2D eigenvalue weighted by Crippen LogP contribution is -2.51. The molecule has 0 bridgehead atoms. The molecule has 3 aromatic rings. The molecule has 0 spiro atoms. The Hall–Kier alpha value is -2.98. The summed E-state index contributed by atoms with van der Waals surface area (Å²) in [5.41, 5.74) is 0.690. The average Bonchev–Trinajstić information content (AvgIpc) is 2.94. The Labute approximate surface area is 249 Å². The first-order valence-electron chi connectivity index (χ1n) is 12.4. The van der Waals surface area contributed by atoms with Crippen LogP contribution in [-0.2, 0) is 26.2 Å². The van der Waals surface area contributed by atoms with Crippen molar-refractivity contribution in [2.75, 3.05) is 24.5 Å². The molecule has 40 heavy (non-hydrogen) atoms. The Balaban J connectivity index is 2.06. The van der Waals surface area contributed by atoms with Gasteiger partial charge in [0.15, 0.2) is 0 Å². The van der Waals surface area contributed by atoms with Crippen molar-refractivity contribution in [2.45, 2.75) is 37.8 Å². The van der Waals surface area contributed by atoms with Crippen LogP contribution in [0.3, 0.4) is 0 Å². The van der Waals surface area contributed by atoms with Gasteiger partial charge in [-0.25, -0.2) is 8.42 Å². The molecule has 0 heterocycles. The van der Waals surface area contributed by atoms with Crippen molar-refractivity contribution in [3.05, 3.63) is 87.4 Å². The second-order valence-electron chi connectivity index (χ2n) is 8.87. The van der Waals surface area contributed by atoms with Crippen molar-refractivity contribution in [1.29, 1.82) is 0 Å². The molecule has 12 heteroatoms. The van der Waals surface area contributed by atoms with Crippen LogP contribution in [0.25, 0.3) is 0 Å². The van der Waals surface area contributed by atoms with Crippen LogP contribution in [0, 0.1) is 0 Å². The van der Waals surface area contributed by atoms with Crippen LogP contribution >= 0.6 is 34.8 Å². The fourth-order valence-corrected chi connectivity index (χ4v) is 6.02. The van der Waals surface area contributed by atoms with Crippen LogP contribution in [-0.4, -0.2) is 51.4 Å². The van der Waals surface area contributed by atoms with Gasteiger partial charge in [0.25, 0.3) is 10.0 Å². The van der Waals surface area contributed by atoms with Crippen molar-refractivity contribution in [3.63, 3.8) is 0 Å². The molecule has 3 aromatic carbocycles. The molecule has 1 unspecified atom stereocenters. The van der Waals surface area contributed by atoms with E-state index in [2.05, 4.69) is 5.32 Å². The molecule has 0 fully saturated rings. The fraction of sp³-hybridized carbons (Fsp3) is 0.286. The Morgan fingerprint density at radius 1 is 0.975 bits per heavy atom. The number of sulfonamides is 1. The maximum atomic E-state index is 13.9. The van der Waals surface area contributed by atoms with Crippen LogP contribution in [0.1, 0.15) is 25.8 Å². The monoisotopic (exact) mass is 625 g/mol. The molecule has 0 aromatic heterocycles. The fourth-order valence-electron chi connectivity index (χ4n) is 3.87. The zero-order valence-corrected chi connectivity index (χ0v) is 25.3. The van der Waals surface area contributed by atoms with Crippen LogP contribution in [0.5, 0.6) is 5.75 Å². The molecule has 0 saturated heterocycles. The standard InChI is InChI=1S/C28H30Cl3N3O5S/c1-4-14-32-28(36)19(2)33(17-20-10-11-21(29)15-24(20)30)27(35)18-34(22-12-13-26(39-3)25(31)16-22)40(37,38)23-8-6-5-7-9-23/h5-13,15-16,19H,4,14,17-18H2,1-3H3,(H,32,36). The zero-order chi connectivity index (χ0) is 29.4. The molecule has 214 valence electrons. The van der Waals surface area contributed by atoms with Gasteiger partial charge < -0.3 is 15.0 Å². The van der Waals surface area contributed by atoms with Gasteiger partial charge in [0, 0.05) is 23.1 Å². The smallest absolute Gasteiger partial charge is 0.264 e. The van der Waals surface area contributed by atoms with Crippen molar-refractivity contribution in [2.24, 2.45) is 0 Å². The Bertz CT molecular complexity index is 1450. The highest BCUT2D eigenvalue weighted by atomic mass is 35.5. The predicted octanol–water partition coefficient (Wildman–Crippen LogP) is 5.79. The highest BCUT2D eigenvalue weighted by Crippen LogP contribution is 2.32. The van der Waals surface area contributed by atoms with E-state index in [9.17, 15) is 18.0 Å². The van der Waals surface area contributed by atoms with Gasteiger partial charge in [-0.15, -0.1) is 0 Å². The van der Waals surface area contributed by atoms with Crippen LogP contribution in [0.2, 0.25) is 15.1 Å². The van der Waals surface area contributed by atoms with Gasteiger partial charge in [-0.3, -0.25) is 13.9 Å².